The lowest BCUT2D eigenvalue weighted by Gasteiger charge is -2.09. The highest BCUT2D eigenvalue weighted by Crippen LogP contribution is 2.20. The summed E-state index contributed by atoms with van der Waals surface area (Å²) >= 11 is 0. The molecule has 2 aromatic rings. The number of rotatable bonds is 2. The molecule has 3 rings (SSSR count). The fraction of sp³-hybridized carbons (Fsp3) is 0.286. The van der Waals surface area contributed by atoms with E-state index in [4.69, 9.17) is 0 Å². The van der Waals surface area contributed by atoms with Crippen molar-refractivity contribution in [1.29, 1.82) is 5.26 Å². The van der Waals surface area contributed by atoms with E-state index in [0.717, 1.165) is 25.1 Å². The van der Waals surface area contributed by atoms with E-state index in [1.807, 2.05) is 6.07 Å². The summed E-state index contributed by atoms with van der Waals surface area (Å²) in [6, 6.07) is 9.31. The highest BCUT2D eigenvalue weighted by molar-refractivity contribution is 5.94. The second kappa shape index (κ2) is 4.65. The topological polar surface area (TPSA) is 81.9 Å². The van der Waals surface area contributed by atoms with E-state index < -0.39 is 5.92 Å². The molecule has 1 N–H and O–H groups in total. The van der Waals surface area contributed by atoms with E-state index >= 15 is 0 Å². The molecule has 2 heterocycles. The Bertz CT molecular complexity index is 754. The molecule has 1 aromatic heterocycles. The largest absolute Gasteiger partial charge is 0.309 e. The van der Waals surface area contributed by atoms with Crippen molar-refractivity contribution in [3.05, 3.63) is 40.4 Å². The van der Waals surface area contributed by atoms with Gasteiger partial charge in [-0.3, -0.25) is 9.79 Å². The Balaban J connectivity index is 2.15. The van der Waals surface area contributed by atoms with Gasteiger partial charge in [0.05, 0.1) is 17.0 Å². The van der Waals surface area contributed by atoms with Crippen molar-refractivity contribution in [1.82, 2.24) is 9.97 Å². The van der Waals surface area contributed by atoms with Crippen LogP contribution in [0.4, 0.5) is 0 Å². The molecule has 19 heavy (non-hydrogen) atoms. The van der Waals surface area contributed by atoms with Crippen LogP contribution in [-0.4, -0.2) is 22.2 Å². The summed E-state index contributed by atoms with van der Waals surface area (Å²) in [6.45, 7) is 0.755. The van der Waals surface area contributed by atoms with Crippen LogP contribution in [0.5, 0.6) is 0 Å². The van der Waals surface area contributed by atoms with Crippen molar-refractivity contribution in [2.45, 2.75) is 18.8 Å². The first kappa shape index (κ1) is 11.6. The average Bonchev–Trinajstić information content (AvgIpc) is 2.94. The molecule has 0 aliphatic carbocycles. The van der Waals surface area contributed by atoms with E-state index in [2.05, 4.69) is 21.0 Å². The van der Waals surface area contributed by atoms with E-state index in [0.29, 0.717) is 16.7 Å². The summed E-state index contributed by atoms with van der Waals surface area (Å²) in [5, 5.41) is 9.85. The zero-order valence-corrected chi connectivity index (χ0v) is 10.3. The van der Waals surface area contributed by atoms with Crippen LogP contribution in [0, 0.1) is 11.3 Å². The zero-order chi connectivity index (χ0) is 13.2. The van der Waals surface area contributed by atoms with Gasteiger partial charge in [0.15, 0.2) is 0 Å². The van der Waals surface area contributed by atoms with E-state index in [1.165, 1.54) is 0 Å². The third-order valence-electron chi connectivity index (χ3n) is 3.27. The summed E-state index contributed by atoms with van der Waals surface area (Å²) < 4.78 is 0. The molecule has 0 saturated heterocycles. The average molecular weight is 252 g/mol. The summed E-state index contributed by atoms with van der Waals surface area (Å²) in [5.74, 6) is -0.147. The van der Waals surface area contributed by atoms with Crippen molar-refractivity contribution < 1.29 is 0 Å². The molecule has 0 radical (unpaired) electrons. The molecule has 1 atom stereocenters. The lowest BCUT2D eigenvalue weighted by molar-refractivity contribution is 0.921. The number of hydrogen-bond acceptors (Lipinski definition) is 4. The van der Waals surface area contributed by atoms with E-state index in [9.17, 15) is 10.1 Å². The smallest absolute Gasteiger partial charge is 0.258 e. The van der Waals surface area contributed by atoms with Crippen molar-refractivity contribution in [2.75, 3.05) is 6.54 Å². The fourth-order valence-electron chi connectivity index (χ4n) is 2.33. The van der Waals surface area contributed by atoms with E-state index in [-0.39, 0.29) is 5.56 Å². The summed E-state index contributed by atoms with van der Waals surface area (Å²) in [6.07, 6.45) is 1.76. The first-order valence-electron chi connectivity index (χ1n) is 6.21. The minimum Gasteiger partial charge on any atom is -0.309 e. The zero-order valence-electron chi connectivity index (χ0n) is 10.3. The van der Waals surface area contributed by atoms with Crippen LogP contribution in [0.2, 0.25) is 0 Å². The van der Waals surface area contributed by atoms with Crippen LogP contribution >= 0.6 is 0 Å². The first-order valence-corrected chi connectivity index (χ1v) is 6.21. The predicted molar refractivity (Wildman–Crippen MR) is 72.3 cm³/mol. The molecule has 1 aliphatic rings. The van der Waals surface area contributed by atoms with Crippen LogP contribution in [0.25, 0.3) is 10.9 Å². The van der Waals surface area contributed by atoms with Gasteiger partial charge < -0.3 is 4.98 Å². The van der Waals surface area contributed by atoms with Crippen LogP contribution in [0.3, 0.4) is 0 Å². The maximum absolute atomic E-state index is 12.0. The molecule has 94 valence electrons. The van der Waals surface area contributed by atoms with Crippen LogP contribution in [0.1, 0.15) is 24.6 Å². The van der Waals surface area contributed by atoms with Gasteiger partial charge in [0, 0.05) is 12.3 Å². The van der Waals surface area contributed by atoms with Crippen molar-refractivity contribution in [2.24, 2.45) is 4.99 Å². The summed E-state index contributed by atoms with van der Waals surface area (Å²) in [5.41, 5.74) is 1.22. The number of benzene rings is 1. The first-order chi connectivity index (χ1) is 9.29. The Morgan fingerprint density at radius 3 is 2.95 bits per heavy atom. The number of nitrogens with one attached hydrogen (secondary N) is 1. The second-order valence-electron chi connectivity index (χ2n) is 4.51. The Kier molecular flexibility index (Phi) is 2.84. The number of aromatic amines is 1. The number of fused-ring (bicyclic) bond motifs is 1. The molecule has 5 nitrogen and oxygen atoms in total. The Morgan fingerprint density at radius 2 is 2.21 bits per heavy atom. The molecule has 1 unspecified atom stereocenters. The monoisotopic (exact) mass is 252 g/mol. The van der Waals surface area contributed by atoms with Gasteiger partial charge in [-0.25, -0.2) is 4.98 Å². The molecule has 1 aromatic carbocycles. The fourth-order valence-corrected chi connectivity index (χ4v) is 2.33. The number of aromatic nitrogens is 2. The van der Waals surface area contributed by atoms with Crippen molar-refractivity contribution in [3.63, 3.8) is 0 Å². The molecule has 0 amide bonds. The van der Waals surface area contributed by atoms with Gasteiger partial charge in [-0.2, -0.15) is 5.26 Å². The number of para-hydroxylation sites is 1. The van der Waals surface area contributed by atoms with Crippen molar-refractivity contribution >= 4 is 16.6 Å². The molecule has 0 bridgehead atoms. The predicted octanol–water partition coefficient (Wildman–Crippen LogP) is 1.77. The third kappa shape index (κ3) is 2.02. The summed E-state index contributed by atoms with van der Waals surface area (Å²) in [7, 11) is 0. The Morgan fingerprint density at radius 1 is 1.37 bits per heavy atom. The van der Waals surface area contributed by atoms with Gasteiger partial charge in [-0.15, -0.1) is 0 Å². The molecular formula is C14H12N4O. The quantitative estimate of drug-likeness (QED) is 0.884. The highest BCUT2D eigenvalue weighted by Gasteiger charge is 2.23. The maximum atomic E-state index is 12.0. The van der Waals surface area contributed by atoms with Gasteiger partial charge in [0.2, 0.25) is 0 Å². The molecule has 5 heteroatoms. The normalized spacial score (nSPS) is 16.1. The standard InChI is InChI=1S/C14H12N4O/c15-8-10(11-6-3-7-16-11)13-17-12-5-2-1-4-9(12)14(19)18-13/h1-2,4-5,10H,3,6-7H2,(H,17,18,19). The van der Waals surface area contributed by atoms with Crippen LogP contribution < -0.4 is 5.56 Å². The number of nitriles is 1. The van der Waals surface area contributed by atoms with Gasteiger partial charge in [-0.1, -0.05) is 12.1 Å². The minimum absolute atomic E-state index is 0.209. The molecule has 0 saturated carbocycles. The molecular weight excluding hydrogens is 240 g/mol. The third-order valence-corrected chi connectivity index (χ3v) is 3.27. The Labute approximate surface area is 109 Å². The minimum atomic E-state index is -0.542. The molecule has 1 aliphatic heterocycles. The number of hydrogen-bond donors (Lipinski definition) is 1. The SMILES string of the molecule is N#CC(C1=NCCC1)c1nc2ccccc2c(=O)[nH]1. The lowest BCUT2D eigenvalue weighted by Crippen LogP contribution is -2.18. The summed E-state index contributed by atoms with van der Waals surface area (Å²) in [4.78, 5) is 23.4. The number of aliphatic imine (C=N–C) groups is 1. The van der Waals surface area contributed by atoms with E-state index in [1.54, 1.807) is 18.2 Å². The molecule has 0 fully saturated rings. The Hall–Kier alpha value is -2.48. The maximum Gasteiger partial charge on any atom is 0.258 e. The number of nitrogens with zero attached hydrogens (tertiary/aromatic N) is 3. The van der Waals surface area contributed by atoms with Gasteiger partial charge in [-0.05, 0) is 25.0 Å². The van der Waals surface area contributed by atoms with Gasteiger partial charge in [0.1, 0.15) is 11.7 Å². The lowest BCUT2D eigenvalue weighted by atomic mass is 10.0. The van der Waals surface area contributed by atoms with Gasteiger partial charge >= 0.3 is 0 Å². The van der Waals surface area contributed by atoms with Crippen LogP contribution in [0.15, 0.2) is 34.1 Å². The van der Waals surface area contributed by atoms with Gasteiger partial charge in [0.25, 0.3) is 5.56 Å². The second-order valence-corrected chi connectivity index (χ2v) is 4.51. The van der Waals surface area contributed by atoms with Crippen molar-refractivity contribution in [3.8, 4) is 6.07 Å². The molecule has 0 spiro atoms. The highest BCUT2D eigenvalue weighted by atomic mass is 16.1. The number of H-pyrrole nitrogens is 1. The van der Waals surface area contributed by atoms with Crippen LogP contribution in [-0.2, 0) is 0 Å².